The maximum Gasteiger partial charge on any atom is 0.338 e. The lowest BCUT2D eigenvalue weighted by Gasteiger charge is -2.32. The molecule has 1 aromatic carbocycles. The number of thiazole rings is 1. The second-order valence-corrected chi connectivity index (χ2v) is 13.5. The molecule has 0 spiro atoms. The van der Waals surface area contributed by atoms with Crippen molar-refractivity contribution in [1.29, 1.82) is 0 Å². The first-order valence-corrected chi connectivity index (χ1v) is 15.6. The number of carbonyl (C=O) groups excluding carboxylic acids is 1. The van der Waals surface area contributed by atoms with Crippen molar-refractivity contribution in [3.05, 3.63) is 63.0 Å². The number of ether oxygens (including phenoxy) is 1. The predicted octanol–water partition coefficient (Wildman–Crippen LogP) is 4.78. The minimum absolute atomic E-state index is 0.0248. The fourth-order valence-corrected chi connectivity index (χ4v) is 6.83. The van der Waals surface area contributed by atoms with E-state index in [1.54, 1.807) is 68.1 Å². The van der Waals surface area contributed by atoms with Crippen molar-refractivity contribution in [2.45, 2.75) is 77.6 Å². The maximum absolute atomic E-state index is 15.7. The van der Waals surface area contributed by atoms with Crippen molar-refractivity contribution in [1.82, 2.24) is 20.1 Å². The third-order valence-corrected chi connectivity index (χ3v) is 9.46. The van der Waals surface area contributed by atoms with Crippen LogP contribution in [0, 0.1) is 18.2 Å². The second-order valence-electron chi connectivity index (χ2n) is 12.6. The van der Waals surface area contributed by atoms with Gasteiger partial charge in [0.2, 0.25) is 0 Å². The number of amidine groups is 1. The molecule has 3 atom stereocenters. The van der Waals surface area contributed by atoms with E-state index in [1.807, 2.05) is 0 Å². The molecule has 2 N–H and O–H groups in total. The number of aliphatic imine (C=N–C) groups is 1. The number of nitrogens with zero attached hydrogens (tertiary/aromatic N) is 4. The molecule has 13 heteroatoms. The highest BCUT2D eigenvalue weighted by atomic mass is 32.1. The van der Waals surface area contributed by atoms with Gasteiger partial charge in [0.05, 0.1) is 29.7 Å². The second kappa shape index (κ2) is 12.2. The van der Waals surface area contributed by atoms with E-state index in [9.17, 15) is 19.1 Å². The zero-order valence-corrected chi connectivity index (χ0v) is 26.3. The average molecular weight is 634 g/mol. The van der Waals surface area contributed by atoms with Gasteiger partial charge in [0, 0.05) is 36.4 Å². The van der Waals surface area contributed by atoms with Crippen molar-refractivity contribution >= 4 is 29.1 Å². The molecular weight excluding hydrogens is 595 g/mol. The number of aromatic nitrogens is 1. The van der Waals surface area contributed by atoms with E-state index in [-0.39, 0.29) is 25.1 Å². The van der Waals surface area contributed by atoms with Crippen molar-refractivity contribution < 1.29 is 32.6 Å². The maximum atomic E-state index is 15.7. The van der Waals surface area contributed by atoms with Crippen LogP contribution in [-0.2, 0) is 14.3 Å². The number of carboxylic acids is 1. The summed E-state index contributed by atoms with van der Waals surface area (Å²) in [5.41, 5.74) is 0.235. The summed E-state index contributed by atoms with van der Waals surface area (Å²) in [5.74, 6) is -4.79. The van der Waals surface area contributed by atoms with Gasteiger partial charge >= 0.3 is 11.9 Å². The Bertz CT molecular complexity index is 1480. The number of benzene rings is 1. The molecule has 2 saturated heterocycles. The number of aliphatic carboxylic acids is 1. The monoisotopic (exact) mass is 633 g/mol. The molecule has 1 aromatic heterocycles. The summed E-state index contributed by atoms with van der Waals surface area (Å²) < 4.78 is 51.8. The lowest BCUT2D eigenvalue weighted by Crippen LogP contribution is -2.46. The average Bonchev–Trinajstić information content (AvgIpc) is 3.67. The van der Waals surface area contributed by atoms with Crippen LogP contribution in [0.2, 0.25) is 0 Å². The Morgan fingerprint density at radius 2 is 2.02 bits per heavy atom. The van der Waals surface area contributed by atoms with Gasteiger partial charge in [0.15, 0.2) is 10.8 Å². The Kier molecular flexibility index (Phi) is 8.94. The third-order valence-electron chi connectivity index (χ3n) is 8.68. The molecule has 0 radical (unpaired) electrons. The molecule has 9 nitrogen and oxygen atoms in total. The summed E-state index contributed by atoms with van der Waals surface area (Å²) in [6.45, 7) is 8.31. The molecule has 0 saturated carbocycles. The summed E-state index contributed by atoms with van der Waals surface area (Å²) in [5, 5.41) is 15.0. The molecular formula is C31H38F3N5O4S. The molecule has 4 heterocycles. The van der Waals surface area contributed by atoms with E-state index in [4.69, 9.17) is 9.73 Å². The number of halogens is 3. The van der Waals surface area contributed by atoms with Crippen LogP contribution in [-0.4, -0.2) is 88.0 Å². The van der Waals surface area contributed by atoms with Gasteiger partial charge in [-0.05, 0) is 71.2 Å². The lowest BCUT2D eigenvalue weighted by molar-refractivity contribution is -0.147. The number of likely N-dealkylation sites (tertiary alicyclic amines) is 2. The molecule has 3 aliphatic rings. The van der Waals surface area contributed by atoms with E-state index in [0.717, 1.165) is 0 Å². The van der Waals surface area contributed by atoms with Gasteiger partial charge in [0.1, 0.15) is 11.9 Å². The van der Waals surface area contributed by atoms with Gasteiger partial charge in [-0.3, -0.25) is 19.6 Å². The fourth-order valence-electron chi connectivity index (χ4n) is 6.24. The van der Waals surface area contributed by atoms with Gasteiger partial charge in [0.25, 0.3) is 5.92 Å². The summed E-state index contributed by atoms with van der Waals surface area (Å²) in [7, 11) is 0. The van der Waals surface area contributed by atoms with Gasteiger partial charge in [-0.2, -0.15) is 0 Å². The van der Waals surface area contributed by atoms with Crippen LogP contribution >= 0.6 is 11.3 Å². The van der Waals surface area contributed by atoms with Gasteiger partial charge in [-0.15, -0.1) is 11.3 Å². The van der Waals surface area contributed by atoms with Crippen molar-refractivity contribution in [3.8, 4) is 0 Å². The Hall–Kier alpha value is -3.29. The van der Waals surface area contributed by atoms with Crippen molar-refractivity contribution in [3.63, 3.8) is 0 Å². The zero-order valence-electron chi connectivity index (χ0n) is 25.4. The third kappa shape index (κ3) is 6.27. The van der Waals surface area contributed by atoms with E-state index >= 15 is 8.78 Å². The minimum atomic E-state index is -3.06. The van der Waals surface area contributed by atoms with Crippen LogP contribution in [0.15, 0.2) is 46.0 Å². The van der Waals surface area contributed by atoms with Crippen LogP contribution < -0.4 is 5.32 Å². The number of hydrogen-bond acceptors (Lipinski definition) is 9. The highest BCUT2D eigenvalue weighted by Gasteiger charge is 2.59. The van der Waals surface area contributed by atoms with Crippen LogP contribution in [0.25, 0.3) is 0 Å². The lowest BCUT2D eigenvalue weighted by atomic mass is 9.89. The highest BCUT2D eigenvalue weighted by molar-refractivity contribution is 7.11. The largest absolute Gasteiger partial charge is 0.481 e. The molecule has 2 fully saturated rings. The summed E-state index contributed by atoms with van der Waals surface area (Å²) in [6, 6.07) is 2.02. The van der Waals surface area contributed by atoms with E-state index in [0.29, 0.717) is 40.6 Å². The number of hydrogen-bond donors (Lipinski definition) is 2. The van der Waals surface area contributed by atoms with Gasteiger partial charge in [-0.25, -0.2) is 22.9 Å². The first-order valence-electron chi connectivity index (χ1n) is 14.7. The van der Waals surface area contributed by atoms with Crippen LogP contribution in [0.4, 0.5) is 13.2 Å². The fraction of sp³-hybridized carbons (Fsp3) is 0.548. The molecule has 2 aromatic rings. The zero-order chi connectivity index (χ0) is 32.0. The summed E-state index contributed by atoms with van der Waals surface area (Å²) in [4.78, 5) is 37.9. The number of nitrogens with one attached hydrogen (secondary N) is 1. The van der Waals surface area contributed by atoms with Crippen LogP contribution in [0.1, 0.15) is 62.7 Å². The molecule has 44 heavy (non-hydrogen) atoms. The minimum Gasteiger partial charge on any atom is -0.481 e. The van der Waals surface area contributed by atoms with Crippen molar-refractivity contribution in [2.24, 2.45) is 10.4 Å². The normalized spacial score (nSPS) is 23.9. The van der Waals surface area contributed by atoms with E-state index in [2.05, 4.69) is 10.3 Å². The van der Waals surface area contributed by atoms with Crippen molar-refractivity contribution in [2.75, 3.05) is 26.2 Å². The molecule has 0 unspecified atom stereocenters. The molecule has 238 valence electrons. The standard InChI is InChI=1S/C31H38F3N5O4S/c1-17(2)43-28(40)23-21(36-26(27-35-11-14-44-27)37-24(23)19-7-6-8-20(32)18(19)3)15-39-16-31(33,34)25-22(39)9-12-38(25)13-10-30(4,5)29(41)42/h6-8,11,14,17,22,24-25H,9-10,12-13,15-16H2,1-5H3,(H,36,37)(H,41,42)/t22-,24-,25+/m0/s1. The van der Waals surface area contributed by atoms with Crippen LogP contribution in [0.5, 0.6) is 0 Å². The first-order chi connectivity index (χ1) is 20.7. The number of alkyl halides is 2. The first kappa shape index (κ1) is 32.1. The molecule has 0 bridgehead atoms. The number of fused-ring (bicyclic) bond motifs is 1. The number of carboxylic acid groups (broad SMARTS) is 1. The number of esters is 1. The molecule has 5 rings (SSSR count). The summed E-state index contributed by atoms with van der Waals surface area (Å²) >= 11 is 1.32. The molecule has 0 aliphatic carbocycles. The predicted molar refractivity (Wildman–Crippen MR) is 160 cm³/mol. The molecule has 0 amide bonds. The van der Waals surface area contributed by atoms with E-state index in [1.165, 1.54) is 17.4 Å². The topological polar surface area (TPSA) is 107 Å². The quantitative estimate of drug-likeness (QED) is 0.360. The Balaban J connectivity index is 1.52. The van der Waals surface area contributed by atoms with Gasteiger partial charge < -0.3 is 15.2 Å². The molecule has 3 aliphatic heterocycles. The SMILES string of the molecule is Cc1c(F)cccc1[C@@H]1N=C(c2nccs2)NC(CN2CC(F)(F)[C@H]3[C@@H]2CCN3CCC(C)(C)C(=O)O)=C1C(=O)OC(C)C. The van der Waals surface area contributed by atoms with Gasteiger partial charge in [-0.1, -0.05) is 12.1 Å². The highest BCUT2D eigenvalue weighted by Crippen LogP contribution is 2.43. The number of carbonyl (C=O) groups is 2. The smallest absolute Gasteiger partial charge is 0.338 e. The Morgan fingerprint density at radius 1 is 1.27 bits per heavy atom. The Labute approximate surface area is 258 Å². The van der Waals surface area contributed by atoms with Crippen LogP contribution in [0.3, 0.4) is 0 Å². The Morgan fingerprint density at radius 3 is 2.68 bits per heavy atom. The number of rotatable bonds is 10. The van der Waals surface area contributed by atoms with E-state index < -0.39 is 59.9 Å². The summed E-state index contributed by atoms with van der Waals surface area (Å²) in [6.07, 6.45) is 1.85.